The minimum atomic E-state index is -0.443. The van der Waals surface area contributed by atoms with Crippen LogP contribution in [0.4, 0.5) is 0 Å². The van der Waals surface area contributed by atoms with Crippen LogP contribution in [0.2, 0.25) is 0 Å². The first-order chi connectivity index (χ1) is 10.4. The van der Waals surface area contributed by atoms with Crippen LogP contribution < -0.4 is 10.5 Å². The van der Waals surface area contributed by atoms with E-state index in [4.69, 9.17) is 10.5 Å². The van der Waals surface area contributed by atoms with Gasteiger partial charge in [0, 0.05) is 19.6 Å². The van der Waals surface area contributed by atoms with E-state index in [9.17, 15) is 4.79 Å². The molecule has 0 saturated heterocycles. The second-order valence-electron chi connectivity index (χ2n) is 6.24. The van der Waals surface area contributed by atoms with Gasteiger partial charge in [-0.1, -0.05) is 39.0 Å². The van der Waals surface area contributed by atoms with Gasteiger partial charge in [-0.2, -0.15) is 0 Å². The normalized spacial score (nSPS) is 13.8. The van der Waals surface area contributed by atoms with E-state index < -0.39 is 6.10 Å². The van der Waals surface area contributed by atoms with Crippen LogP contribution in [0, 0.1) is 12.8 Å². The maximum Gasteiger partial charge on any atom is 0.263 e. The van der Waals surface area contributed by atoms with Crippen LogP contribution in [-0.4, -0.2) is 36.5 Å². The number of carbonyl (C=O) groups excluding carboxylic acids is 1. The molecule has 0 fully saturated rings. The predicted octanol–water partition coefficient (Wildman–Crippen LogP) is 2.98. The summed E-state index contributed by atoms with van der Waals surface area (Å²) in [7, 11) is 1.82. The fourth-order valence-corrected chi connectivity index (χ4v) is 2.18. The Labute approximate surface area is 134 Å². The molecule has 1 aromatic rings. The van der Waals surface area contributed by atoms with Gasteiger partial charge >= 0.3 is 0 Å². The number of para-hydroxylation sites is 1. The van der Waals surface area contributed by atoms with Crippen molar-refractivity contribution in [2.75, 3.05) is 13.6 Å². The molecule has 1 rings (SSSR count). The third kappa shape index (κ3) is 5.34. The number of nitrogens with two attached hydrogens (primary N) is 1. The van der Waals surface area contributed by atoms with Crippen molar-refractivity contribution >= 4 is 5.91 Å². The van der Waals surface area contributed by atoms with Gasteiger partial charge in [0.1, 0.15) is 5.75 Å². The Morgan fingerprint density at radius 1 is 1.32 bits per heavy atom. The molecule has 0 aliphatic carbocycles. The highest BCUT2D eigenvalue weighted by Crippen LogP contribution is 2.19. The smallest absolute Gasteiger partial charge is 0.263 e. The van der Waals surface area contributed by atoms with Gasteiger partial charge in [-0.25, -0.2) is 0 Å². The molecule has 0 bridgehead atoms. The summed E-state index contributed by atoms with van der Waals surface area (Å²) in [6.07, 6.45) is 1.01. The zero-order chi connectivity index (χ0) is 16.7. The molecule has 1 aromatic carbocycles. The standard InChI is InChI=1S/C18H30N2O2/c1-6-16(22-17-10-8-7-9-14(17)4)18(21)20(5)12-11-15(19)13(2)3/h7-10,13,15-16H,6,11-12,19H2,1-5H3. The van der Waals surface area contributed by atoms with Crippen LogP contribution >= 0.6 is 0 Å². The van der Waals surface area contributed by atoms with Gasteiger partial charge in [-0.3, -0.25) is 4.79 Å². The Balaban J connectivity index is 2.62. The number of ether oxygens (including phenoxy) is 1. The molecular weight excluding hydrogens is 276 g/mol. The number of benzene rings is 1. The predicted molar refractivity (Wildman–Crippen MR) is 91.0 cm³/mol. The number of hydrogen-bond acceptors (Lipinski definition) is 3. The lowest BCUT2D eigenvalue weighted by Crippen LogP contribution is -2.41. The van der Waals surface area contributed by atoms with Gasteiger partial charge in [0.2, 0.25) is 0 Å². The third-order valence-electron chi connectivity index (χ3n) is 4.04. The average molecular weight is 306 g/mol. The molecule has 1 amide bonds. The first-order valence-electron chi connectivity index (χ1n) is 8.09. The molecule has 2 N–H and O–H groups in total. The molecule has 0 aliphatic rings. The molecule has 0 spiro atoms. The summed E-state index contributed by atoms with van der Waals surface area (Å²) in [4.78, 5) is 14.3. The minimum absolute atomic E-state index is 0.0155. The largest absolute Gasteiger partial charge is 0.480 e. The Hall–Kier alpha value is -1.55. The van der Waals surface area contributed by atoms with Crippen molar-refractivity contribution in [3.8, 4) is 5.75 Å². The monoisotopic (exact) mass is 306 g/mol. The van der Waals surface area contributed by atoms with E-state index >= 15 is 0 Å². The molecule has 0 radical (unpaired) electrons. The summed E-state index contributed by atoms with van der Waals surface area (Å²) < 4.78 is 5.91. The highest BCUT2D eigenvalue weighted by Gasteiger charge is 2.23. The number of rotatable bonds is 8. The van der Waals surface area contributed by atoms with Gasteiger partial charge in [0.05, 0.1) is 0 Å². The first-order valence-corrected chi connectivity index (χ1v) is 8.09. The Kier molecular flexibility index (Phi) is 7.39. The first kappa shape index (κ1) is 18.5. The molecule has 0 aromatic heterocycles. The molecular formula is C18H30N2O2. The van der Waals surface area contributed by atoms with Crippen LogP contribution in [0.5, 0.6) is 5.75 Å². The van der Waals surface area contributed by atoms with Crippen molar-refractivity contribution in [3.63, 3.8) is 0 Å². The second-order valence-corrected chi connectivity index (χ2v) is 6.24. The summed E-state index contributed by atoms with van der Waals surface area (Å²) in [5.74, 6) is 1.21. The lowest BCUT2D eigenvalue weighted by atomic mass is 10.0. The van der Waals surface area contributed by atoms with Gasteiger partial charge in [-0.05, 0) is 37.3 Å². The number of amides is 1. The van der Waals surface area contributed by atoms with E-state index in [1.807, 2.05) is 45.2 Å². The number of hydrogen-bond donors (Lipinski definition) is 1. The Morgan fingerprint density at radius 2 is 1.95 bits per heavy atom. The molecule has 124 valence electrons. The number of nitrogens with zero attached hydrogens (tertiary/aromatic N) is 1. The molecule has 4 nitrogen and oxygen atoms in total. The summed E-state index contributed by atoms with van der Waals surface area (Å²) in [6.45, 7) is 8.81. The topological polar surface area (TPSA) is 55.6 Å². The fraction of sp³-hybridized carbons (Fsp3) is 0.611. The van der Waals surface area contributed by atoms with Crippen LogP contribution in [0.15, 0.2) is 24.3 Å². The molecule has 22 heavy (non-hydrogen) atoms. The maximum atomic E-state index is 12.5. The van der Waals surface area contributed by atoms with Crippen molar-refractivity contribution in [1.82, 2.24) is 4.90 Å². The number of likely N-dealkylation sites (N-methyl/N-ethyl adjacent to an activating group) is 1. The van der Waals surface area contributed by atoms with Gasteiger partial charge in [0.25, 0.3) is 5.91 Å². The van der Waals surface area contributed by atoms with Crippen LogP contribution in [0.3, 0.4) is 0 Å². The van der Waals surface area contributed by atoms with E-state index in [1.165, 1.54) is 0 Å². The molecule has 2 unspecified atom stereocenters. The van der Waals surface area contributed by atoms with E-state index in [0.717, 1.165) is 17.7 Å². The number of aryl methyl sites for hydroxylation is 1. The zero-order valence-corrected chi connectivity index (χ0v) is 14.5. The van der Waals surface area contributed by atoms with Crippen molar-refractivity contribution in [1.29, 1.82) is 0 Å². The van der Waals surface area contributed by atoms with E-state index in [1.54, 1.807) is 4.90 Å². The van der Waals surface area contributed by atoms with Crippen LogP contribution in [0.1, 0.15) is 39.2 Å². The lowest BCUT2D eigenvalue weighted by molar-refractivity contribution is -0.137. The molecule has 0 aliphatic heterocycles. The van der Waals surface area contributed by atoms with Crippen LogP contribution in [-0.2, 0) is 4.79 Å². The Morgan fingerprint density at radius 3 is 2.50 bits per heavy atom. The summed E-state index contributed by atoms with van der Waals surface area (Å²) in [6, 6.07) is 7.89. The van der Waals surface area contributed by atoms with Crippen LogP contribution in [0.25, 0.3) is 0 Å². The molecule has 2 atom stereocenters. The van der Waals surface area contributed by atoms with Crippen molar-refractivity contribution < 1.29 is 9.53 Å². The fourth-order valence-electron chi connectivity index (χ4n) is 2.18. The summed E-state index contributed by atoms with van der Waals surface area (Å²) >= 11 is 0. The zero-order valence-electron chi connectivity index (χ0n) is 14.5. The summed E-state index contributed by atoms with van der Waals surface area (Å²) in [5, 5.41) is 0. The van der Waals surface area contributed by atoms with Crippen molar-refractivity contribution in [2.45, 2.75) is 52.7 Å². The molecule has 0 saturated carbocycles. The quantitative estimate of drug-likeness (QED) is 0.803. The lowest BCUT2D eigenvalue weighted by Gasteiger charge is -2.26. The number of carbonyl (C=O) groups is 1. The van der Waals surface area contributed by atoms with Gasteiger partial charge in [0.15, 0.2) is 6.10 Å². The molecule has 0 heterocycles. The van der Waals surface area contributed by atoms with Gasteiger partial charge in [-0.15, -0.1) is 0 Å². The third-order valence-corrected chi connectivity index (χ3v) is 4.04. The molecule has 4 heteroatoms. The van der Waals surface area contributed by atoms with E-state index in [-0.39, 0.29) is 11.9 Å². The highest BCUT2D eigenvalue weighted by atomic mass is 16.5. The second kappa shape index (κ2) is 8.79. The minimum Gasteiger partial charge on any atom is -0.480 e. The van der Waals surface area contributed by atoms with Gasteiger partial charge < -0.3 is 15.4 Å². The SMILES string of the molecule is CCC(Oc1ccccc1C)C(=O)N(C)CCC(N)C(C)C. The maximum absolute atomic E-state index is 12.5. The van der Waals surface area contributed by atoms with E-state index in [2.05, 4.69) is 13.8 Å². The van der Waals surface area contributed by atoms with E-state index in [0.29, 0.717) is 18.9 Å². The highest BCUT2D eigenvalue weighted by molar-refractivity contribution is 5.81. The summed E-state index contributed by atoms with van der Waals surface area (Å²) in [5.41, 5.74) is 7.09. The van der Waals surface area contributed by atoms with Crippen molar-refractivity contribution in [2.24, 2.45) is 11.7 Å². The Bertz CT molecular complexity index is 474. The average Bonchev–Trinajstić information content (AvgIpc) is 2.50. The van der Waals surface area contributed by atoms with Crippen molar-refractivity contribution in [3.05, 3.63) is 29.8 Å².